The first kappa shape index (κ1) is 16.0. The standard InChI is InChI=1S/C18H24FN3O/c1-12(2)16-17(14-7-5-6-8-15(14)19)20-22-10-13(9-21(3)4)11-23-18(16)22/h5-8,12-13H,9-11H2,1-4H3/t13-/m0/s1. The van der Waals surface area contributed by atoms with Crippen molar-refractivity contribution in [2.45, 2.75) is 26.3 Å². The van der Waals surface area contributed by atoms with E-state index in [1.165, 1.54) is 6.07 Å². The van der Waals surface area contributed by atoms with Crippen molar-refractivity contribution in [1.29, 1.82) is 0 Å². The molecule has 0 N–H and O–H groups in total. The molecule has 124 valence electrons. The molecule has 0 saturated heterocycles. The van der Waals surface area contributed by atoms with Crippen molar-refractivity contribution < 1.29 is 9.13 Å². The SMILES string of the molecule is CC(C)c1c(-c2ccccc2F)nn2c1OC[C@@H](CN(C)C)C2. The molecule has 0 unspecified atom stereocenters. The molecule has 0 radical (unpaired) electrons. The van der Waals surface area contributed by atoms with Gasteiger partial charge in [-0.3, -0.25) is 0 Å². The van der Waals surface area contributed by atoms with Gasteiger partial charge in [-0.15, -0.1) is 0 Å². The Labute approximate surface area is 136 Å². The highest BCUT2D eigenvalue weighted by Crippen LogP contribution is 2.39. The molecule has 1 aromatic carbocycles. The number of nitrogens with zero attached hydrogens (tertiary/aromatic N) is 3. The molecular formula is C18H24FN3O. The molecule has 1 atom stereocenters. The zero-order valence-corrected chi connectivity index (χ0v) is 14.2. The minimum absolute atomic E-state index is 0.221. The van der Waals surface area contributed by atoms with Crippen molar-refractivity contribution in [3.63, 3.8) is 0 Å². The molecule has 3 rings (SSSR count). The van der Waals surface area contributed by atoms with Crippen LogP contribution < -0.4 is 4.74 Å². The van der Waals surface area contributed by atoms with Crippen molar-refractivity contribution in [2.75, 3.05) is 27.2 Å². The second-order valence-electron chi connectivity index (χ2n) is 6.82. The van der Waals surface area contributed by atoms with Gasteiger partial charge < -0.3 is 9.64 Å². The molecule has 0 saturated carbocycles. The van der Waals surface area contributed by atoms with Gasteiger partial charge in [0.1, 0.15) is 11.5 Å². The van der Waals surface area contributed by atoms with E-state index in [9.17, 15) is 4.39 Å². The highest BCUT2D eigenvalue weighted by atomic mass is 19.1. The fraction of sp³-hybridized carbons (Fsp3) is 0.500. The second-order valence-corrected chi connectivity index (χ2v) is 6.82. The van der Waals surface area contributed by atoms with Crippen LogP contribution in [-0.2, 0) is 6.54 Å². The molecular weight excluding hydrogens is 293 g/mol. The number of ether oxygens (including phenoxy) is 1. The maximum Gasteiger partial charge on any atom is 0.215 e. The van der Waals surface area contributed by atoms with Crippen LogP contribution in [0.4, 0.5) is 4.39 Å². The number of aromatic nitrogens is 2. The molecule has 5 heteroatoms. The zero-order chi connectivity index (χ0) is 16.6. The monoisotopic (exact) mass is 317 g/mol. The number of hydrogen-bond donors (Lipinski definition) is 0. The van der Waals surface area contributed by atoms with Crippen LogP contribution >= 0.6 is 0 Å². The number of rotatable bonds is 4. The molecule has 0 spiro atoms. The summed E-state index contributed by atoms with van der Waals surface area (Å²) >= 11 is 0. The molecule has 23 heavy (non-hydrogen) atoms. The first-order valence-electron chi connectivity index (χ1n) is 8.10. The van der Waals surface area contributed by atoms with Crippen molar-refractivity contribution in [3.05, 3.63) is 35.6 Å². The van der Waals surface area contributed by atoms with Gasteiger partial charge in [0.25, 0.3) is 0 Å². The van der Waals surface area contributed by atoms with Crippen LogP contribution in [0.5, 0.6) is 5.88 Å². The van der Waals surface area contributed by atoms with Gasteiger partial charge in [0.05, 0.1) is 13.2 Å². The van der Waals surface area contributed by atoms with Crippen LogP contribution in [0.25, 0.3) is 11.3 Å². The van der Waals surface area contributed by atoms with Gasteiger partial charge in [-0.2, -0.15) is 5.10 Å². The van der Waals surface area contributed by atoms with Gasteiger partial charge in [-0.05, 0) is 32.1 Å². The summed E-state index contributed by atoms with van der Waals surface area (Å²) in [4.78, 5) is 2.16. The predicted octanol–water partition coefficient (Wildman–Crippen LogP) is 3.38. The quantitative estimate of drug-likeness (QED) is 0.866. The van der Waals surface area contributed by atoms with Crippen LogP contribution in [0.3, 0.4) is 0 Å². The minimum Gasteiger partial charge on any atom is -0.477 e. The van der Waals surface area contributed by atoms with E-state index in [2.05, 4.69) is 32.8 Å². The minimum atomic E-state index is -0.241. The van der Waals surface area contributed by atoms with E-state index in [4.69, 9.17) is 9.84 Å². The largest absolute Gasteiger partial charge is 0.477 e. The molecule has 1 aromatic heterocycles. The lowest BCUT2D eigenvalue weighted by Gasteiger charge is -2.27. The molecule has 0 amide bonds. The molecule has 0 fully saturated rings. The lowest BCUT2D eigenvalue weighted by atomic mass is 9.98. The molecule has 1 aliphatic heterocycles. The highest BCUT2D eigenvalue weighted by Gasteiger charge is 2.29. The van der Waals surface area contributed by atoms with Crippen molar-refractivity contribution in [1.82, 2.24) is 14.7 Å². The molecule has 1 aliphatic rings. The van der Waals surface area contributed by atoms with Crippen molar-refractivity contribution in [2.24, 2.45) is 5.92 Å². The average Bonchev–Trinajstić information content (AvgIpc) is 2.85. The van der Waals surface area contributed by atoms with Crippen LogP contribution in [0.2, 0.25) is 0 Å². The normalized spacial score (nSPS) is 17.4. The molecule has 0 bridgehead atoms. The third kappa shape index (κ3) is 3.11. The summed E-state index contributed by atoms with van der Waals surface area (Å²) in [6.45, 7) is 6.63. The first-order chi connectivity index (χ1) is 11.0. The Bertz CT molecular complexity index is 694. The summed E-state index contributed by atoms with van der Waals surface area (Å²) in [7, 11) is 4.12. The molecule has 2 heterocycles. The van der Waals surface area contributed by atoms with E-state index in [0.717, 1.165) is 24.5 Å². The Hall–Kier alpha value is -1.88. The van der Waals surface area contributed by atoms with Gasteiger partial charge in [0, 0.05) is 23.6 Å². The van der Waals surface area contributed by atoms with E-state index >= 15 is 0 Å². The number of fused-ring (bicyclic) bond motifs is 1. The average molecular weight is 317 g/mol. The van der Waals surface area contributed by atoms with Gasteiger partial charge in [0.15, 0.2) is 0 Å². The third-order valence-corrected chi connectivity index (χ3v) is 4.16. The lowest BCUT2D eigenvalue weighted by Crippen LogP contribution is -2.33. The number of halogens is 1. The number of hydrogen-bond acceptors (Lipinski definition) is 3. The highest BCUT2D eigenvalue weighted by molar-refractivity contribution is 5.67. The lowest BCUT2D eigenvalue weighted by molar-refractivity contribution is 0.138. The smallest absolute Gasteiger partial charge is 0.215 e. The van der Waals surface area contributed by atoms with Crippen LogP contribution in [0.1, 0.15) is 25.3 Å². The van der Waals surface area contributed by atoms with E-state index < -0.39 is 0 Å². The summed E-state index contributed by atoms with van der Waals surface area (Å²) < 4.78 is 22.2. The van der Waals surface area contributed by atoms with Gasteiger partial charge in [-0.1, -0.05) is 26.0 Å². The fourth-order valence-electron chi connectivity index (χ4n) is 3.23. The predicted molar refractivity (Wildman–Crippen MR) is 89.2 cm³/mol. The van der Waals surface area contributed by atoms with E-state index in [1.807, 2.05) is 10.7 Å². The summed E-state index contributed by atoms with van der Waals surface area (Å²) in [5.41, 5.74) is 2.25. The summed E-state index contributed by atoms with van der Waals surface area (Å²) in [6, 6.07) is 6.81. The zero-order valence-electron chi connectivity index (χ0n) is 14.2. The van der Waals surface area contributed by atoms with Crippen molar-refractivity contribution >= 4 is 0 Å². The number of benzene rings is 1. The Morgan fingerprint density at radius 3 is 2.74 bits per heavy atom. The summed E-state index contributed by atoms with van der Waals surface area (Å²) in [5.74, 6) is 1.17. The molecule has 4 nitrogen and oxygen atoms in total. The third-order valence-electron chi connectivity index (χ3n) is 4.16. The summed E-state index contributed by atoms with van der Waals surface area (Å²) in [5, 5.41) is 4.69. The van der Waals surface area contributed by atoms with Gasteiger partial charge in [-0.25, -0.2) is 9.07 Å². The maximum absolute atomic E-state index is 14.2. The second kappa shape index (κ2) is 6.32. The Balaban J connectivity index is 2.03. The van der Waals surface area contributed by atoms with Crippen molar-refractivity contribution in [3.8, 4) is 17.1 Å². The van der Waals surface area contributed by atoms with Gasteiger partial charge in [0.2, 0.25) is 5.88 Å². The topological polar surface area (TPSA) is 30.3 Å². The fourth-order valence-corrected chi connectivity index (χ4v) is 3.23. The molecule has 0 aliphatic carbocycles. The summed E-state index contributed by atoms with van der Waals surface area (Å²) in [6.07, 6.45) is 0. The van der Waals surface area contributed by atoms with Crippen LogP contribution in [0, 0.1) is 11.7 Å². The Morgan fingerprint density at radius 1 is 1.35 bits per heavy atom. The van der Waals surface area contributed by atoms with Gasteiger partial charge >= 0.3 is 0 Å². The van der Waals surface area contributed by atoms with Crippen LogP contribution in [0.15, 0.2) is 24.3 Å². The maximum atomic E-state index is 14.2. The van der Waals surface area contributed by atoms with E-state index in [-0.39, 0.29) is 11.7 Å². The Morgan fingerprint density at radius 2 is 2.09 bits per heavy atom. The van der Waals surface area contributed by atoms with E-state index in [1.54, 1.807) is 12.1 Å². The first-order valence-corrected chi connectivity index (χ1v) is 8.10. The van der Waals surface area contributed by atoms with E-state index in [0.29, 0.717) is 23.8 Å². The molecule has 2 aromatic rings. The van der Waals surface area contributed by atoms with Crippen LogP contribution in [-0.4, -0.2) is 41.9 Å². The Kier molecular flexibility index (Phi) is 4.39.